The van der Waals surface area contributed by atoms with Gasteiger partial charge in [0.25, 0.3) is 0 Å². The van der Waals surface area contributed by atoms with Crippen LogP contribution in [0.25, 0.3) is 4.91 Å². The molecule has 0 radical (unpaired) electrons. The fraction of sp³-hybridized carbons (Fsp3) is 0.333. The Labute approximate surface area is 117 Å². The molecule has 0 aliphatic rings. The molecule has 1 aromatic rings. The lowest BCUT2D eigenvalue weighted by molar-refractivity contribution is -0.121. The lowest BCUT2D eigenvalue weighted by atomic mass is 10.2. The number of benzene rings is 1. The van der Waals surface area contributed by atoms with Crippen molar-refractivity contribution in [2.45, 2.75) is 11.3 Å². The van der Waals surface area contributed by atoms with Gasteiger partial charge in [0.05, 0.1) is 6.61 Å². The molecule has 1 aromatic carbocycles. The van der Waals surface area contributed by atoms with Crippen LogP contribution in [0.1, 0.15) is 5.56 Å². The highest BCUT2D eigenvalue weighted by atomic mass is 35.5. The van der Waals surface area contributed by atoms with Crippen molar-refractivity contribution in [3.05, 3.63) is 42.0 Å². The van der Waals surface area contributed by atoms with Gasteiger partial charge in [-0.2, -0.15) is 17.6 Å². The van der Waals surface area contributed by atoms with Crippen molar-refractivity contribution in [3.8, 4) is 0 Å². The quantitative estimate of drug-likeness (QED) is 0.626. The van der Waals surface area contributed by atoms with E-state index in [1.54, 1.807) is 18.2 Å². The summed E-state index contributed by atoms with van der Waals surface area (Å²) in [5, 5.41) is 4.05. The Balaban J connectivity index is 3.11. The largest absolute Gasteiger partial charge is 0.396 e. The third-order valence-electron chi connectivity index (χ3n) is 2.10. The summed E-state index contributed by atoms with van der Waals surface area (Å²) in [5.74, 6) is -4.35. The minimum Gasteiger partial charge on any atom is -0.396 e. The number of aliphatic hydroxyl groups is 1. The SMILES string of the molecule is OCCS/C(=C/C(F)(F)C(F)(F)Cl)c1ccccc1. The second-order valence-corrected chi connectivity index (χ2v) is 5.18. The van der Waals surface area contributed by atoms with Gasteiger partial charge in [-0.15, -0.1) is 11.8 Å². The molecule has 0 saturated heterocycles. The van der Waals surface area contributed by atoms with E-state index in [0.717, 1.165) is 11.8 Å². The number of thioether (sulfide) groups is 1. The number of alkyl halides is 5. The van der Waals surface area contributed by atoms with Gasteiger partial charge in [-0.3, -0.25) is 0 Å². The minimum absolute atomic E-state index is 0.0556. The summed E-state index contributed by atoms with van der Waals surface area (Å²) >= 11 is 5.26. The highest BCUT2D eigenvalue weighted by molar-refractivity contribution is 8.08. The summed E-state index contributed by atoms with van der Waals surface area (Å²) in [4.78, 5) is -0.0556. The van der Waals surface area contributed by atoms with Crippen LogP contribution in [0.2, 0.25) is 0 Å². The second-order valence-electron chi connectivity index (χ2n) is 3.57. The fourth-order valence-corrected chi connectivity index (χ4v) is 2.11. The number of hydrogen-bond donors (Lipinski definition) is 1. The normalized spacial score (nSPS) is 13.7. The first-order valence-electron chi connectivity index (χ1n) is 5.24. The van der Waals surface area contributed by atoms with Crippen molar-refractivity contribution in [3.63, 3.8) is 0 Å². The maximum atomic E-state index is 13.3. The zero-order valence-corrected chi connectivity index (χ0v) is 11.2. The molecule has 0 fully saturated rings. The highest BCUT2D eigenvalue weighted by Gasteiger charge is 2.53. The van der Waals surface area contributed by atoms with E-state index >= 15 is 0 Å². The Kier molecular flexibility index (Phi) is 5.70. The Morgan fingerprint density at radius 3 is 2.26 bits per heavy atom. The molecule has 7 heteroatoms. The molecule has 1 N–H and O–H groups in total. The first-order valence-corrected chi connectivity index (χ1v) is 6.61. The van der Waals surface area contributed by atoms with Crippen molar-refractivity contribution in [2.75, 3.05) is 12.4 Å². The molecule has 0 aliphatic carbocycles. The van der Waals surface area contributed by atoms with Crippen LogP contribution in [0.4, 0.5) is 17.6 Å². The van der Waals surface area contributed by atoms with Gasteiger partial charge in [-0.1, -0.05) is 30.3 Å². The van der Waals surface area contributed by atoms with Crippen LogP contribution in [0, 0.1) is 0 Å². The predicted molar refractivity (Wildman–Crippen MR) is 69.7 cm³/mol. The number of allylic oxidation sites excluding steroid dienone is 1. The molecule has 0 amide bonds. The zero-order chi connectivity index (χ0) is 14.5. The fourth-order valence-electron chi connectivity index (χ4n) is 1.21. The Hall–Kier alpha value is -0.720. The lowest BCUT2D eigenvalue weighted by Crippen LogP contribution is -2.33. The molecular formula is C12H11ClF4OS. The Bertz CT molecular complexity index is 431. The maximum Gasteiger partial charge on any atom is 0.387 e. The van der Waals surface area contributed by atoms with Crippen LogP contribution >= 0.6 is 23.4 Å². The van der Waals surface area contributed by atoms with E-state index in [1.165, 1.54) is 12.1 Å². The van der Waals surface area contributed by atoms with Gasteiger partial charge < -0.3 is 5.11 Å². The van der Waals surface area contributed by atoms with Crippen LogP contribution in [-0.2, 0) is 0 Å². The molecule has 0 atom stereocenters. The first kappa shape index (κ1) is 16.3. The number of aliphatic hydroxyl groups excluding tert-OH is 1. The van der Waals surface area contributed by atoms with Crippen LogP contribution in [-0.4, -0.2) is 28.8 Å². The standard InChI is InChI=1S/C12H11ClF4OS/c13-12(16,17)11(14,15)8-10(19-7-6-18)9-4-2-1-3-5-9/h1-5,8,18H,6-7H2/b10-8+. The summed E-state index contributed by atoms with van der Waals surface area (Å²) in [5.41, 5.74) is 0.363. The van der Waals surface area contributed by atoms with E-state index in [4.69, 9.17) is 5.11 Å². The molecular weight excluding hydrogens is 304 g/mol. The third kappa shape index (κ3) is 4.71. The van der Waals surface area contributed by atoms with E-state index in [-0.39, 0.29) is 23.3 Å². The summed E-state index contributed by atoms with van der Waals surface area (Å²) in [6.45, 7) is -0.252. The van der Waals surface area contributed by atoms with Gasteiger partial charge in [0.15, 0.2) is 0 Å². The minimum atomic E-state index is -4.66. The zero-order valence-electron chi connectivity index (χ0n) is 9.62. The molecule has 0 saturated carbocycles. The number of hydrogen-bond acceptors (Lipinski definition) is 2. The van der Waals surface area contributed by atoms with Gasteiger partial charge in [0, 0.05) is 16.7 Å². The van der Waals surface area contributed by atoms with E-state index in [9.17, 15) is 17.6 Å². The van der Waals surface area contributed by atoms with Gasteiger partial charge in [-0.05, 0) is 17.2 Å². The van der Waals surface area contributed by atoms with Gasteiger partial charge in [0.1, 0.15) is 0 Å². The van der Waals surface area contributed by atoms with Crippen LogP contribution < -0.4 is 0 Å². The third-order valence-corrected chi connectivity index (χ3v) is 3.40. The van der Waals surface area contributed by atoms with Gasteiger partial charge in [0.2, 0.25) is 0 Å². The first-order chi connectivity index (χ1) is 8.78. The smallest absolute Gasteiger partial charge is 0.387 e. The molecule has 0 spiro atoms. The molecule has 19 heavy (non-hydrogen) atoms. The maximum absolute atomic E-state index is 13.3. The van der Waals surface area contributed by atoms with Gasteiger partial charge in [-0.25, -0.2) is 0 Å². The van der Waals surface area contributed by atoms with E-state index in [2.05, 4.69) is 11.6 Å². The summed E-state index contributed by atoms with van der Waals surface area (Å²) in [6, 6.07) is 7.89. The van der Waals surface area contributed by atoms with Crippen molar-refractivity contribution in [2.24, 2.45) is 0 Å². The molecule has 1 rings (SSSR count). The van der Waals surface area contributed by atoms with Crippen molar-refractivity contribution < 1.29 is 22.7 Å². The summed E-state index contributed by atoms with van der Waals surface area (Å²) in [6.07, 6.45) is 0.135. The molecule has 0 aliphatic heterocycles. The van der Waals surface area contributed by atoms with Crippen LogP contribution in [0.15, 0.2) is 36.4 Å². The van der Waals surface area contributed by atoms with Crippen molar-refractivity contribution >= 4 is 28.3 Å². The summed E-state index contributed by atoms with van der Waals surface area (Å²) in [7, 11) is 0. The van der Waals surface area contributed by atoms with E-state index < -0.39 is 11.3 Å². The predicted octanol–water partition coefficient (Wildman–Crippen LogP) is 4.22. The Morgan fingerprint density at radius 1 is 1.21 bits per heavy atom. The topological polar surface area (TPSA) is 20.2 Å². The molecule has 1 nitrogen and oxygen atoms in total. The second kappa shape index (κ2) is 6.63. The summed E-state index contributed by atoms with van der Waals surface area (Å²) < 4.78 is 51.7. The molecule has 0 aromatic heterocycles. The Morgan fingerprint density at radius 2 is 1.79 bits per heavy atom. The number of rotatable bonds is 6. The van der Waals surface area contributed by atoms with Crippen LogP contribution in [0.5, 0.6) is 0 Å². The lowest BCUT2D eigenvalue weighted by Gasteiger charge is -2.19. The highest BCUT2D eigenvalue weighted by Crippen LogP contribution is 2.42. The van der Waals surface area contributed by atoms with E-state index in [1.807, 2.05) is 0 Å². The average molecular weight is 315 g/mol. The van der Waals surface area contributed by atoms with Crippen LogP contribution in [0.3, 0.4) is 0 Å². The van der Waals surface area contributed by atoms with E-state index in [0.29, 0.717) is 5.56 Å². The average Bonchev–Trinajstić information content (AvgIpc) is 2.34. The molecule has 0 heterocycles. The van der Waals surface area contributed by atoms with Gasteiger partial charge >= 0.3 is 11.3 Å². The monoisotopic (exact) mass is 314 g/mol. The molecule has 0 bridgehead atoms. The molecule has 106 valence electrons. The number of halogens is 5. The molecule has 0 unspecified atom stereocenters. The van der Waals surface area contributed by atoms with Crippen molar-refractivity contribution in [1.29, 1.82) is 0 Å². The van der Waals surface area contributed by atoms with Crippen molar-refractivity contribution in [1.82, 2.24) is 0 Å².